The van der Waals surface area contributed by atoms with Crippen LogP contribution >= 0.6 is 23.2 Å². The topological polar surface area (TPSA) is 59.8 Å². The highest BCUT2D eigenvalue weighted by Gasteiger charge is 2.19. The van der Waals surface area contributed by atoms with Gasteiger partial charge in [-0.25, -0.2) is 9.67 Å². The Morgan fingerprint density at radius 2 is 1.96 bits per heavy atom. The lowest BCUT2D eigenvalue weighted by atomic mass is 10.1. The van der Waals surface area contributed by atoms with Gasteiger partial charge in [0, 0.05) is 11.2 Å². The van der Waals surface area contributed by atoms with E-state index in [0.29, 0.717) is 22.7 Å². The van der Waals surface area contributed by atoms with Crippen molar-refractivity contribution in [1.29, 1.82) is 0 Å². The van der Waals surface area contributed by atoms with Crippen molar-refractivity contribution in [3.63, 3.8) is 0 Å². The number of amides is 1. The van der Waals surface area contributed by atoms with Gasteiger partial charge < -0.3 is 5.32 Å². The Bertz CT molecular complexity index is 890. The molecule has 0 fully saturated rings. The van der Waals surface area contributed by atoms with Crippen molar-refractivity contribution in [3.8, 4) is 5.69 Å². The Morgan fingerprint density at radius 3 is 2.64 bits per heavy atom. The third-order valence-electron chi connectivity index (χ3n) is 3.68. The molecule has 3 aromatic rings. The van der Waals surface area contributed by atoms with Crippen molar-refractivity contribution in [1.82, 2.24) is 14.8 Å². The smallest absolute Gasteiger partial charge is 0.259 e. The summed E-state index contributed by atoms with van der Waals surface area (Å²) in [5.74, 6) is -0.265. The lowest BCUT2D eigenvalue weighted by Crippen LogP contribution is -2.15. The first-order valence-corrected chi connectivity index (χ1v) is 8.60. The summed E-state index contributed by atoms with van der Waals surface area (Å²) in [5.41, 5.74) is 2.67. The molecule has 1 amide bonds. The molecule has 0 saturated carbocycles. The molecule has 0 radical (unpaired) electrons. The molecule has 0 bridgehead atoms. The Labute approximate surface area is 155 Å². The number of hydrogen-bond acceptors (Lipinski definition) is 3. The number of halogens is 2. The van der Waals surface area contributed by atoms with E-state index in [2.05, 4.69) is 22.3 Å². The molecule has 0 aliphatic carbocycles. The lowest BCUT2D eigenvalue weighted by molar-refractivity contribution is 0.102. The lowest BCUT2D eigenvalue weighted by Gasteiger charge is -2.10. The highest BCUT2D eigenvalue weighted by molar-refractivity contribution is 6.32. The van der Waals surface area contributed by atoms with Gasteiger partial charge in [0.15, 0.2) is 5.15 Å². The summed E-state index contributed by atoms with van der Waals surface area (Å²) < 4.78 is 1.76. The van der Waals surface area contributed by atoms with Crippen LogP contribution in [0.1, 0.15) is 29.4 Å². The van der Waals surface area contributed by atoms with E-state index in [4.69, 9.17) is 23.2 Å². The van der Waals surface area contributed by atoms with Gasteiger partial charge in [0.1, 0.15) is 0 Å². The second kappa shape index (κ2) is 7.68. The molecule has 25 heavy (non-hydrogen) atoms. The predicted octanol–water partition coefficient (Wildman–Crippen LogP) is 4.78. The summed E-state index contributed by atoms with van der Waals surface area (Å²) >= 11 is 12.0. The van der Waals surface area contributed by atoms with Crippen LogP contribution in [0.3, 0.4) is 0 Å². The maximum atomic E-state index is 12.7. The second-order valence-corrected chi connectivity index (χ2v) is 6.23. The molecular formula is C18H16Cl2N4O. The molecular weight excluding hydrogens is 359 g/mol. The van der Waals surface area contributed by atoms with Crippen molar-refractivity contribution in [2.75, 3.05) is 5.32 Å². The van der Waals surface area contributed by atoms with Crippen molar-refractivity contribution in [3.05, 3.63) is 70.2 Å². The van der Waals surface area contributed by atoms with Crippen molar-refractivity contribution in [2.45, 2.75) is 19.8 Å². The summed E-state index contributed by atoms with van der Waals surface area (Å²) in [7, 11) is 0. The largest absolute Gasteiger partial charge is 0.319 e. The maximum Gasteiger partial charge on any atom is 0.259 e. The molecule has 5 nitrogen and oxygen atoms in total. The summed E-state index contributed by atoms with van der Waals surface area (Å²) in [6.45, 7) is 2.05. The van der Waals surface area contributed by atoms with Crippen LogP contribution in [-0.4, -0.2) is 20.7 Å². The van der Waals surface area contributed by atoms with Crippen LogP contribution in [-0.2, 0) is 6.42 Å². The molecule has 0 spiro atoms. The number of carbonyl (C=O) groups excluding carboxylic acids is 1. The number of nitrogens with one attached hydrogen (secondary N) is 1. The van der Waals surface area contributed by atoms with Gasteiger partial charge in [-0.15, -0.1) is 0 Å². The maximum absolute atomic E-state index is 12.7. The van der Waals surface area contributed by atoms with Crippen LogP contribution in [0.5, 0.6) is 0 Å². The summed E-state index contributed by atoms with van der Waals surface area (Å²) in [6, 6.07) is 10.7. The molecule has 3 rings (SSSR count). The van der Waals surface area contributed by atoms with Gasteiger partial charge in [-0.1, -0.05) is 36.5 Å². The zero-order valence-electron chi connectivity index (χ0n) is 13.5. The van der Waals surface area contributed by atoms with Crippen LogP contribution in [0.25, 0.3) is 5.69 Å². The molecule has 0 unspecified atom stereocenters. The number of anilines is 1. The first-order valence-electron chi connectivity index (χ1n) is 7.85. The molecule has 2 heterocycles. The molecule has 128 valence electrons. The van der Waals surface area contributed by atoms with Crippen molar-refractivity contribution < 1.29 is 4.79 Å². The normalized spacial score (nSPS) is 10.7. The Kier molecular flexibility index (Phi) is 5.36. The third kappa shape index (κ3) is 3.83. The quantitative estimate of drug-likeness (QED) is 0.653. The third-order valence-corrected chi connectivity index (χ3v) is 4.23. The summed E-state index contributed by atoms with van der Waals surface area (Å²) in [6.07, 6.45) is 4.73. The van der Waals surface area contributed by atoms with Crippen LogP contribution in [0.4, 0.5) is 5.69 Å². The fraction of sp³-hybridized carbons (Fsp3) is 0.167. The van der Waals surface area contributed by atoms with Crippen molar-refractivity contribution in [2.24, 2.45) is 0 Å². The number of pyridine rings is 1. The zero-order chi connectivity index (χ0) is 17.8. The van der Waals surface area contributed by atoms with Crippen LogP contribution in [0, 0.1) is 0 Å². The minimum Gasteiger partial charge on any atom is -0.319 e. The Balaban J connectivity index is 1.95. The summed E-state index contributed by atoms with van der Waals surface area (Å²) in [5, 5.41) is 8.07. The molecule has 0 aliphatic rings. The first kappa shape index (κ1) is 17.5. The molecule has 0 atom stereocenters. The van der Waals surface area contributed by atoms with Crippen molar-refractivity contribution >= 4 is 34.8 Å². The van der Waals surface area contributed by atoms with E-state index < -0.39 is 0 Å². The number of benzene rings is 1. The van der Waals surface area contributed by atoms with E-state index in [9.17, 15) is 4.79 Å². The first-order chi connectivity index (χ1) is 12.1. The molecule has 7 heteroatoms. The fourth-order valence-corrected chi connectivity index (χ4v) is 2.81. The van der Waals surface area contributed by atoms with Gasteiger partial charge in [0.2, 0.25) is 0 Å². The minimum absolute atomic E-state index is 0.248. The highest BCUT2D eigenvalue weighted by Crippen LogP contribution is 2.22. The molecule has 2 aromatic heterocycles. The van der Waals surface area contributed by atoms with Gasteiger partial charge in [0.25, 0.3) is 5.91 Å². The number of aromatic nitrogens is 3. The Morgan fingerprint density at radius 1 is 1.20 bits per heavy atom. The van der Waals surface area contributed by atoms with E-state index in [1.165, 1.54) is 0 Å². The zero-order valence-corrected chi connectivity index (χ0v) is 15.1. The highest BCUT2D eigenvalue weighted by atomic mass is 35.5. The van der Waals surface area contributed by atoms with Crippen LogP contribution < -0.4 is 5.32 Å². The van der Waals surface area contributed by atoms with E-state index in [1.807, 2.05) is 12.1 Å². The van der Waals surface area contributed by atoms with E-state index in [1.54, 1.807) is 41.3 Å². The average molecular weight is 375 g/mol. The summed E-state index contributed by atoms with van der Waals surface area (Å²) in [4.78, 5) is 16.7. The predicted molar refractivity (Wildman–Crippen MR) is 99.8 cm³/mol. The van der Waals surface area contributed by atoms with Crippen LogP contribution in [0.2, 0.25) is 10.2 Å². The van der Waals surface area contributed by atoms with E-state index in [-0.39, 0.29) is 11.1 Å². The van der Waals surface area contributed by atoms with Gasteiger partial charge in [-0.2, -0.15) is 5.10 Å². The van der Waals surface area contributed by atoms with Gasteiger partial charge in [0.05, 0.1) is 28.8 Å². The fourth-order valence-electron chi connectivity index (χ4n) is 2.51. The SMILES string of the molecule is CCCc1c(C(=O)Nc2cccnc2Cl)cnn1-c1ccc(Cl)cc1. The number of carbonyl (C=O) groups is 1. The molecule has 1 aromatic carbocycles. The number of nitrogens with zero attached hydrogens (tertiary/aromatic N) is 3. The molecule has 0 aliphatic heterocycles. The van der Waals surface area contributed by atoms with Gasteiger partial charge in [-0.05, 0) is 42.8 Å². The van der Waals surface area contributed by atoms with E-state index >= 15 is 0 Å². The minimum atomic E-state index is -0.265. The van der Waals surface area contributed by atoms with Gasteiger partial charge >= 0.3 is 0 Å². The van der Waals surface area contributed by atoms with Gasteiger partial charge in [-0.3, -0.25) is 4.79 Å². The number of hydrogen-bond donors (Lipinski definition) is 1. The monoisotopic (exact) mass is 374 g/mol. The average Bonchev–Trinajstić information content (AvgIpc) is 3.02. The standard InChI is InChI=1S/C18H16Cl2N4O/c1-2-4-16-14(18(25)23-15-5-3-10-21-17(15)20)11-22-24(16)13-8-6-12(19)7-9-13/h3,5-11H,2,4H2,1H3,(H,23,25). The number of rotatable bonds is 5. The molecule has 1 N–H and O–H groups in total. The second-order valence-electron chi connectivity index (χ2n) is 5.44. The van der Waals surface area contributed by atoms with Crippen LogP contribution in [0.15, 0.2) is 48.8 Å². The molecule has 0 saturated heterocycles. The van der Waals surface area contributed by atoms with E-state index in [0.717, 1.165) is 17.8 Å². The Hall–Kier alpha value is -2.37.